The molecular formula is C14H19NO2S. The summed E-state index contributed by atoms with van der Waals surface area (Å²) >= 11 is 0. The van der Waals surface area contributed by atoms with E-state index in [1.807, 2.05) is 24.3 Å². The van der Waals surface area contributed by atoms with Crippen LogP contribution in [0.2, 0.25) is 0 Å². The summed E-state index contributed by atoms with van der Waals surface area (Å²) in [5, 5.41) is 0.276. The van der Waals surface area contributed by atoms with Gasteiger partial charge in [0.15, 0.2) is 0 Å². The van der Waals surface area contributed by atoms with Crippen molar-refractivity contribution in [3.05, 3.63) is 29.8 Å². The number of para-hydroxylation sites is 1. The fourth-order valence-electron chi connectivity index (χ4n) is 2.94. The maximum Gasteiger partial charge on any atom is 0.124 e. The van der Waals surface area contributed by atoms with E-state index in [0.29, 0.717) is 11.9 Å². The molecule has 1 heterocycles. The molecule has 3 atom stereocenters. The number of benzene rings is 1. The van der Waals surface area contributed by atoms with Gasteiger partial charge in [-0.15, -0.1) is 0 Å². The lowest BCUT2D eigenvalue weighted by molar-refractivity contribution is 0.273. The molecule has 4 heteroatoms. The summed E-state index contributed by atoms with van der Waals surface area (Å²) in [5.74, 6) is 0.852. The zero-order valence-corrected chi connectivity index (χ0v) is 11.2. The summed E-state index contributed by atoms with van der Waals surface area (Å²) in [4.78, 5) is 0. The van der Waals surface area contributed by atoms with E-state index in [9.17, 15) is 4.21 Å². The Morgan fingerprint density at radius 1 is 1.22 bits per heavy atom. The second-order valence-electron chi connectivity index (χ2n) is 5.15. The summed E-state index contributed by atoms with van der Waals surface area (Å²) in [5.41, 5.74) is 7.29. The molecule has 18 heavy (non-hydrogen) atoms. The van der Waals surface area contributed by atoms with E-state index in [4.69, 9.17) is 10.5 Å². The smallest absolute Gasteiger partial charge is 0.124 e. The van der Waals surface area contributed by atoms with Crippen molar-refractivity contribution in [3.63, 3.8) is 0 Å². The first-order chi connectivity index (χ1) is 8.77. The van der Waals surface area contributed by atoms with Crippen molar-refractivity contribution < 1.29 is 8.95 Å². The van der Waals surface area contributed by atoms with Crippen molar-refractivity contribution in [2.45, 2.75) is 42.2 Å². The molecule has 1 aromatic rings. The Morgan fingerprint density at radius 3 is 2.72 bits per heavy atom. The maximum absolute atomic E-state index is 12.6. The lowest BCUT2D eigenvalue weighted by Gasteiger charge is -2.32. The number of nitrogens with two attached hydrogens (primary N) is 1. The van der Waals surface area contributed by atoms with E-state index < -0.39 is 10.8 Å². The van der Waals surface area contributed by atoms with Gasteiger partial charge < -0.3 is 10.5 Å². The van der Waals surface area contributed by atoms with E-state index in [1.54, 1.807) is 0 Å². The predicted octanol–water partition coefficient (Wildman–Crippen LogP) is 2.14. The van der Waals surface area contributed by atoms with Gasteiger partial charge in [-0.3, -0.25) is 4.21 Å². The number of ether oxygens (including phenoxy) is 1. The van der Waals surface area contributed by atoms with E-state index in [2.05, 4.69) is 0 Å². The Morgan fingerprint density at radius 2 is 1.94 bits per heavy atom. The topological polar surface area (TPSA) is 52.3 Å². The molecule has 2 aliphatic rings. The second kappa shape index (κ2) is 5.02. The van der Waals surface area contributed by atoms with Gasteiger partial charge in [0.1, 0.15) is 12.4 Å². The third-order valence-corrected chi connectivity index (χ3v) is 6.17. The van der Waals surface area contributed by atoms with Crippen molar-refractivity contribution in [2.24, 2.45) is 5.73 Å². The quantitative estimate of drug-likeness (QED) is 0.891. The largest absolute Gasteiger partial charge is 0.492 e. The number of rotatable bonds is 2. The molecule has 0 saturated heterocycles. The van der Waals surface area contributed by atoms with Gasteiger partial charge in [0.25, 0.3) is 0 Å². The van der Waals surface area contributed by atoms with Gasteiger partial charge in [-0.1, -0.05) is 31.0 Å². The van der Waals surface area contributed by atoms with E-state index in [0.717, 1.165) is 24.2 Å². The molecule has 1 aliphatic heterocycles. The monoisotopic (exact) mass is 265 g/mol. The molecule has 0 spiro atoms. The van der Waals surface area contributed by atoms with Crippen LogP contribution < -0.4 is 10.5 Å². The van der Waals surface area contributed by atoms with Crippen molar-refractivity contribution in [1.82, 2.24) is 0 Å². The van der Waals surface area contributed by atoms with Gasteiger partial charge in [-0.25, -0.2) is 0 Å². The van der Waals surface area contributed by atoms with Crippen molar-refractivity contribution in [3.8, 4) is 5.75 Å². The minimum atomic E-state index is -0.869. The van der Waals surface area contributed by atoms with Crippen LogP contribution in [0.25, 0.3) is 0 Å². The van der Waals surface area contributed by atoms with Crippen LogP contribution in [0.15, 0.2) is 24.3 Å². The molecule has 3 unspecified atom stereocenters. The average molecular weight is 265 g/mol. The Balaban J connectivity index is 1.81. The zero-order valence-electron chi connectivity index (χ0n) is 10.4. The zero-order chi connectivity index (χ0) is 12.5. The molecule has 0 aromatic heterocycles. The molecule has 3 rings (SSSR count). The second-order valence-corrected chi connectivity index (χ2v) is 7.08. The summed E-state index contributed by atoms with van der Waals surface area (Å²) in [6.45, 7) is 0.487. The Kier molecular flexibility index (Phi) is 3.39. The first-order valence-corrected chi connectivity index (χ1v) is 7.91. The van der Waals surface area contributed by atoms with E-state index in [-0.39, 0.29) is 11.3 Å². The number of hydrogen-bond acceptors (Lipinski definition) is 3. The van der Waals surface area contributed by atoms with Crippen LogP contribution in [-0.2, 0) is 10.8 Å². The highest BCUT2D eigenvalue weighted by atomic mass is 32.2. The molecule has 1 fully saturated rings. The summed E-state index contributed by atoms with van der Waals surface area (Å²) in [7, 11) is -0.869. The van der Waals surface area contributed by atoms with E-state index >= 15 is 0 Å². The number of hydrogen-bond donors (Lipinski definition) is 1. The molecular weight excluding hydrogens is 246 g/mol. The molecule has 98 valence electrons. The van der Waals surface area contributed by atoms with Crippen molar-refractivity contribution >= 4 is 10.8 Å². The lowest BCUT2D eigenvalue weighted by atomic mass is 10.0. The minimum Gasteiger partial charge on any atom is -0.492 e. The SMILES string of the molecule is NC1c2ccccc2OCC1S(=O)C1CCCC1. The highest BCUT2D eigenvalue weighted by molar-refractivity contribution is 7.86. The van der Waals surface area contributed by atoms with Crippen molar-refractivity contribution in [2.75, 3.05) is 6.61 Å². The molecule has 1 aromatic carbocycles. The van der Waals surface area contributed by atoms with Crippen LogP contribution in [0.3, 0.4) is 0 Å². The highest BCUT2D eigenvalue weighted by Crippen LogP contribution is 2.35. The molecule has 0 amide bonds. The average Bonchev–Trinajstić information content (AvgIpc) is 2.93. The van der Waals surface area contributed by atoms with Gasteiger partial charge in [0, 0.05) is 21.6 Å². The Labute approximate surface area is 110 Å². The number of fused-ring (bicyclic) bond motifs is 1. The standard InChI is InChI=1S/C14H19NO2S/c15-14-11-7-3-4-8-12(11)17-9-13(14)18(16)10-5-1-2-6-10/h3-4,7-8,10,13-14H,1-2,5-6,9,15H2. The molecule has 0 bridgehead atoms. The van der Waals surface area contributed by atoms with Crippen LogP contribution in [0.4, 0.5) is 0 Å². The highest BCUT2D eigenvalue weighted by Gasteiger charge is 2.36. The third kappa shape index (κ3) is 2.08. The van der Waals surface area contributed by atoms with E-state index in [1.165, 1.54) is 12.8 Å². The summed E-state index contributed by atoms with van der Waals surface area (Å²) in [6, 6.07) is 7.67. The summed E-state index contributed by atoms with van der Waals surface area (Å²) < 4.78 is 18.3. The normalized spacial score (nSPS) is 29.6. The summed E-state index contributed by atoms with van der Waals surface area (Å²) in [6.07, 6.45) is 4.57. The molecule has 0 radical (unpaired) electrons. The van der Waals surface area contributed by atoms with Gasteiger partial charge in [-0.05, 0) is 18.9 Å². The minimum absolute atomic E-state index is 0.0528. The predicted molar refractivity (Wildman–Crippen MR) is 73.1 cm³/mol. The molecule has 1 saturated carbocycles. The maximum atomic E-state index is 12.6. The Hall–Kier alpha value is -0.870. The fraction of sp³-hybridized carbons (Fsp3) is 0.571. The van der Waals surface area contributed by atoms with Gasteiger partial charge >= 0.3 is 0 Å². The third-order valence-electron chi connectivity index (χ3n) is 4.01. The van der Waals surface area contributed by atoms with Crippen LogP contribution in [-0.4, -0.2) is 21.3 Å². The molecule has 2 N–H and O–H groups in total. The van der Waals surface area contributed by atoms with Crippen molar-refractivity contribution in [1.29, 1.82) is 0 Å². The fourth-order valence-corrected chi connectivity index (χ4v) is 4.87. The van der Waals surface area contributed by atoms with Gasteiger partial charge in [0.2, 0.25) is 0 Å². The van der Waals surface area contributed by atoms with Gasteiger partial charge in [0.05, 0.1) is 11.3 Å². The van der Waals surface area contributed by atoms with Crippen LogP contribution in [0.5, 0.6) is 5.75 Å². The Bertz CT molecular complexity index is 457. The first-order valence-electron chi connectivity index (χ1n) is 6.64. The van der Waals surface area contributed by atoms with Crippen LogP contribution >= 0.6 is 0 Å². The van der Waals surface area contributed by atoms with Gasteiger partial charge in [-0.2, -0.15) is 0 Å². The van der Waals surface area contributed by atoms with Crippen LogP contribution in [0.1, 0.15) is 37.3 Å². The first kappa shape index (κ1) is 12.2. The molecule has 3 nitrogen and oxygen atoms in total. The lowest BCUT2D eigenvalue weighted by Crippen LogP contribution is -2.41. The van der Waals surface area contributed by atoms with Crippen LogP contribution in [0, 0.1) is 0 Å². The molecule has 1 aliphatic carbocycles.